The number of anilines is 3. The molecular formula is C25H24FN5O3. The molecule has 0 aliphatic carbocycles. The zero-order valence-electron chi connectivity index (χ0n) is 18.6. The summed E-state index contributed by atoms with van der Waals surface area (Å²) in [4.78, 5) is 20.4. The summed E-state index contributed by atoms with van der Waals surface area (Å²) in [6.45, 7) is 1.20. The molecule has 0 spiro atoms. The number of nitrogens with one attached hydrogen (secondary N) is 3. The number of carbonyl (C=O) groups is 1. The molecule has 4 heterocycles. The maximum Gasteiger partial charge on any atom is 0.255 e. The second-order valence-electron chi connectivity index (χ2n) is 8.07. The fourth-order valence-corrected chi connectivity index (χ4v) is 4.32. The lowest BCUT2D eigenvalue weighted by atomic mass is 10.0. The van der Waals surface area contributed by atoms with Crippen LogP contribution >= 0.6 is 0 Å². The summed E-state index contributed by atoms with van der Waals surface area (Å²) in [7, 11) is 1.39. The Morgan fingerprint density at radius 3 is 3.03 bits per heavy atom. The summed E-state index contributed by atoms with van der Waals surface area (Å²) >= 11 is 0. The van der Waals surface area contributed by atoms with E-state index in [1.54, 1.807) is 24.4 Å². The number of rotatable bonds is 4. The third-order valence-electron chi connectivity index (χ3n) is 5.93. The molecule has 1 atom stereocenters. The first-order chi connectivity index (χ1) is 16.6. The number of para-hydroxylation sites is 1. The van der Waals surface area contributed by atoms with E-state index in [2.05, 4.69) is 32.4 Å². The minimum Gasteiger partial charge on any atom is -0.492 e. The van der Waals surface area contributed by atoms with Crippen LogP contribution in [0.2, 0.25) is 0 Å². The van der Waals surface area contributed by atoms with Gasteiger partial charge in [0, 0.05) is 37.0 Å². The second kappa shape index (κ2) is 9.08. The maximum absolute atomic E-state index is 14.4. The number of fused-ring (bicyclic) bond motifs is 1. The quantitative estimate of drug-likeness (QED) is 0.443. The van der Waals surface area contributed by atoms with Crippen molar-refractivity contribution in [3.63, 3.8) is 0 Å². The minimum atomic E-state index is -0.515. The highest BCUT2D eigenvalue weighted by molar-refractivity contribution is 6.06. The number of amides is 1. The number of ether oxygens (including phenoxy) is 2. The minimum absolute atomic E-state index is 0.0484. The lowest BCUT2D eigenvalue weighted by molar-refractivity contribution is 0.0947. The summed E-state index contributed by atoms with van der Waals surface area (Å²) in [5.74, 6) is 5.86. The Kier molecular flexibility index (Phi) is 5.82. The van der Waals surface area contributed by atoms with Gasteiger partial charge in [-0.3, -0.25) is 4.79 Å². The number of hydrogen-bond donors (Lipinski definition) is 4. The van der Waals surface area contributed by atoms with Gasteiger partial charge in [-0.2, -0.15) is 0 Å². The molecule has 174 valence electrons. The van der Waals surface area contributed by atoms with Gasteiger partial charge in [0.05, 0.1) is 35.3 Å². The molecular weight excluding hydrogens is 437 g/mol. The van der Waals surface area contributed by atoms with Gasteiger partial charge in [0.15, 0.2) is 11.6 Å². The number of H-pyrrole nitrogens is 1. The third-order valence-corrected chi connectivity index (χ3v) is 5.93. The molecule has 2 aliphatic rings. The Hall–Kier alpha value is -4.03. The predicted molar refractivity (Wildman–Crippen MR) is 127 cm³/mol. The van der Waals surface area contributed by atoms with Crippen LogP contribution in [0.1, 0.15) is 34.5 Å². The zero-order chi connectivity index (χ0) is 23.7. The van der Waals surface area contributed by atoms with E-state index in [-0.39, 0.29) is 23.6 Å². The number of aromatic nitrogens is 2. The normalized spacial score (nSPS) is 16.9. The van der Waals surface area contributed by atoms with Crippen LogP contribution < -0.4 is 21.1 Å². The van der Waals surface area contributed by atoms with Crippen LogP contribution in [0.3, 0.4) is 0 Å². The van der Waals surface area contributed by atoms with Crippen LogP contribution in [0.5, 0.6) is 5.75 Å². The Labute approximate surface area is 196 Å². The highest BCUT2D eigenvalue weighted by Crippen LogP contribution is 2.40. The summed E-state index contributed by atoms with van der Waals surface area (Å²) in [6.07, 6.45) is 3.90. The monoisotopic (exact) mass is 461 g/mol. The Morgan fingerprint density at radius 1 is 1.35 bits per heavy atom. The van der Waals surface area contributed by atoms with E-state index in [1.165, 1.54) is 13.2 Å². The largest absolute Gasteiger partial charge is 0.492 e. The van der Waals surface area contributed by atoms with E-state index in [0.717, 1.165) is 18.5 Å². The molecule has 2 aromatic heterocycles. The summed E-state index contributed by atoms with van der Waals surface area (Å²) in [6, 6.07) is 6.36. The summed E-state index contributed by atoms with van der Waals surface area (Å²) in [5, 5.41) is 6.09. The molecule has 8 nitrogen and oxygen atoms in total. The molecule has 0 unspecified atom stereocenters. The van der Waals surface area contributed by atoms with E-state index in [0.29, 0.717) is 53.3 Å². The van der Waals surface area contributed by atoms with Gasteiger partial charge < -0.3 is 30.8 Å². The molecule has 0 bridgehead atoms. The van der Waals surface area contributed by atoms with Gasteiger partial charge in [-0.25, -0.2) is 9.37 Å². The van der Waals surface area contributed by atoms with Crippen molar-refractivity contribution in [1.82, 2.24) is 15.3 Å². The molecule has 5 N–H and O–H groups in total. The molecule has 9 heteroatoms. The molecule has 3 aromatic rings. The first-order valence-corrected chi connectivity index (χ1v) is 11.1. The second-order valence-corrected chi connectivity index (χ2v) is 8.07. The van der Waals surface area contributed by atoms with Crippen molar-refractivity contribution in [1.29, 1.82) is 0 Å². The van der Waals surface area contributed by atoms with Crippen molar-refractivity contribution in [2.24, 2.45) is 0 Å². The molecule has 0 radical (unpaired) electrons. The van der Waals surface area contributed by atoms with Crippen LogP contribution in [0, 0.1) is 17.7 Å². The third kappa shape index (κ3) is 3.93. The molecule has 1 amide bonds. The average molecular weight is 461 g/mol. The number of hydrogen-bond acceptors (Lipinski definition) is 6. The summed E-state index contributed by atoms with van der Waals surface area (Å²) in [5.41, 5.74) is 10.1. The molecule has 34 heavy (non-hydrogen) atoms. The number of aromatic amines is 1. The van der Waals surface area contributed by atoms with Crippen molar-refractivity contribution in [2.45, 2.75) is 25.4 Å². The Bertz CT molecular complexity index is 1320. The smallest absolute Gasteiger partial charge is 0.255 e. The standard InChI is InChI=1S/C25H24FN5O3/c1-33-23-17(26)5-2-6-19(23)31-22-20-18(10-12-29-25(20)32)30-21(22)15-9-11-28-24(27)16(15)8-7-14-4-3-13-34-14/h2,5-6,9,11,14,30-31H,3-4,10,12-13H2,1H3,(H2,27,28)(H,29,32)/t14-/m0/s1. The van der Waals surface area contributed by atoms with Gasteiger partial charge in [-0.1, -0.05) is 17.9 Å². The Balaban J connectivity index is 1.67. The maximum atomic E-state index is 14.4. The predicted octanol–water partition coefficient (Wildman–Crippen LogP) is 3.37. The Morgan fingerprint density at radius 2 is 2.24 bits per heavy atom. The highest BCUT2D eigenvalue weighted by atomic mass is 19.1. The number of nitrogens with two attached hydrogens (primary N) is 1. The highest BCUT2D eigenvalue weighted by Gasteiger charge is 2.29. The van der Waals surface area contributed by atoms with E-state index in [1.807, 2.05) is 0 Å². The van der Waals surface area contributed by atoms with Crippen LogP contribution in [-0.2, 0) is 11.2 Å². The van der Waals surface area contributed by atoms with Crippen LogP contribution in [0.4, 0.5) is 21.6 Å². The van der Waals surface area contributed by atoms with Crippen molar-refractivity contribution in [2.75, 3.05) is 31.3 Å². The van der Waals surface area contributed by atoms with Crippen LogP contribution in [0.15, 0.2) is 30.5 Å². The van der Waals surface area contributed by atoms with Gasteiger partial charge in [0.25, 0.3) is 5.91 Å². The first-order valence-electron chi connectivity index (χ1n) is 11.1. The number of carbonyl (C=O) groups excluding carboxylic acids is 1. The number of nitrogens with zero attached hydrogens (tertiary/aromatic N) is 1. The van der Waals surface area contributed by atoms with E-state index in [4.69, 9.17) is 15.2 Å². The van der Waals surface area contributed by atoms with E-state index < -0.39 is 5.82 Å². The SMILES string of the molecule is COc1c(F)cccc1Nc1c(-c2ccnc(N)c2C#C[C@@H]2CCCO2)[nH]c2c1C(=O)NCC2. The molecule has 0 saturated carbocycles. The molecule has 1 saturated heterocycles. The van der Waals surface area contributed by atoms with E-state index in [9.17, 15) is 9.18 Å². The van der Waals surface area contributed by atoms with Crippen molar-refractivity contribution in [3.05, 3.63) is 53.1 Å². The fourth-order valence-electron chi connectivity index (χ4n) is 4.32. The van der Waals surface area contributed by atoms with Gasteiger partial charge in [-0.15, -0.1) is 0 Å². The van der Waals surface area contributed by atoms with Gasteiger partial charge in [0.2, 0.25) is 0 Å². The van der Waals surface area contributed by atoms with Crippen molar-refractivity contribution < 1.29 is 18.7 Å². The summed E-state index contributed by atoms with van der Waals surface area (Å²) < 4.78 is 25.3. The number of methoxy groups -OCH3 is 1. The average Bonchev–Trinajstić information content (AvgIpc) is 3.47. The zero-order valence-corrected chi connectivity index (χ0v) is 18.6. The topological polar surface area (TPSA) is 114 Å². The number of pyridine rings is 1. The van der Waals surface area contributed by atoms with Gasteiger partial charge in [-0.05, 0) is 31.0 Å². The number of benzene rings is 1. The van der Waals surface area contributed by atoms with Crippen LogP contribution in [0.25, 0.3) is 11.3 Å². The lowest BCUT2D eigenvalue weighted by Crippen LogP contribution is -2.31. The number of nitrogen functional groups attached to an aromatic ring is 1. The fraction of sp³-hybridized carbons (Fsp3) is 0.280. The first kappa shape index (κ1) is 21.8. The van der Waals surface area contributed by atoms with Crippen molar-refractivity contribution >= 4 is 23.1 Å². The molecule has 1 fully saturated rings. The molecule has 2 aliphatic heterocycles. The van der Waals surface area contributed by atoms with Crippen molar-refractivity contribution in [3.8, 4) is 28.8 Å². The lowest BCUT2D eigenvalue weighted by Gasteiger charge is -2.17. The molecule has 1 aromatic carbocycles. The number of halogens is 1. The van der Waals surface area contributed by atoms with E-state index >= 15 is 0 Å². The van der Waals surface area contributed by atoms with Gasteiger partial charge in [0.1, 0.15) is 11.9 Å². The molecule has 5 rings (SSSR count). The van der Waals surface area contributed by atoms with Gasteiger partial charge >= 0.3 is 0 Å². The van der Waals surface area contributed by atoms with Crippen LogP contribution in [-0.4, -0.2) is 42.2 Å².